The topological polar surface area (TPSA) is 15.3 Å². The van der Waals surface area contributed by atoms with Crippen molar-refractivity contribution in [3.8, 4) is 0 Å². The number of rotatable bonds is 4. The Balaban J connectivity index is 1.59. The molecule has 2 nitrogen and oxygen atoms in total. The SMILES string of the molecule is CC(C)CC1CCCC(N2CCCC2C2CCCN2)C1. The van der Waals surface area contributed by atoms with Crippen molar-refractivity contribution in [1.82, 2.24) is 10.2 Å². The fourth-order valence-electron chi connectivity index (χ4n) is 5.18. The molecule has 4 unspecified atom stereocenters. The van der Waals surface area contributed by atoms with Crippen LogP contribution in [0.3, 0.4) is 0 Å². The molecule has 116 valence electrons. The summed E-state index contributed by atoms with van der Waals surface area (Å²) in [7, 11) is 0. The first-order chi connectivity index (χ1) is 9.74. The van der Waals surface area contributed by atoms with E-state index in [4.69, 9.17) is 0 Å². The van der Waals surface area contributed by atoms with Gasteiger partial charge in [-0.2, -0.15) is 0 Å². The average molecular weight is 278 g/mol. The minimum atomic E-state index is 0.808. The van der Waals surface area contributed by atoms with Crippen molar-refractivity contribution in [3.05, 3.63) is 0 Å². The van der Waals surface area contributed by atoms with Gasteiger partial charge in [-0.15, -0.1) is 0 Å². The molecule has 20 heavy (non-hydrogen) atoms. The monoisotopic (exact) mass is 278 g/mol. The van der Waals surface area contributed by atoms with E-state index in [0.29, 0.717) is 0 Å². The Morgan fingerprint density at radius 1 is 1.05 bits per heavy atom. The Morgan fingerprint density at radius 2 is 1.95 bits per heavy atom. The highest BCUT2D eigenvalue weighted by Gasteiger charge is 2.38. The highest BCUT2D eigenvalue weighted by Crippen LogP contribution is 2.36. The molecule has 1 saturated carbocycles. The van der Waals surface area contributed by atoms with Crippen LogP contribution >= 0.6 is 0 Å². The van der Waals surface area contributed by atoms with Gasteiger partial charge < -0.3 is 5.32 Å². The van der Waals surface area contributed by atoms with Crippen LogP contribution in [0.15, 0.2) is 0 Å². The summed E-state index contributed by atoms with van der Waals surface area (Å²) in [5.41, 5.74) is 0. The van der Waals surface area contributed by atoms with Crippen molar-refractivity contribution in [1.29, 1.82) is 0 Å². The van der Waals surface area contributed by atoms with Crippen molar-refractivity contribution in [2.75, 3.05) is 13.1 Å². The molecule has 2 aliphatic heterocycles. The molecule has 0 aromatic rings. The zero-order valence-electron chi connectivity index (χ0n) is 13.6. The molecule has 0 radical (unpaired) electrons. The lowest BCUT2D eigenvalue weighted by Gasteiger charge is -2.40. The summed E-state index contributed by atoms with van der Waals surface area (Å²) in [6.45, 7) is 7.42. The van der Waals surface area contributed by atoms with Crippen LogP contribution in [0.25, 0.3) is 0 Å². The van der Waals surface area contributed by atoms with E-state index in [1.165, 1.54) is 70.9 Å². The smallest absolute Gasteiger partial charge is 0.0252 e. The fourth-order valence-corrected chi connectivity index (χ4v) is 5.18. The number of likely N-dealkylation sites (tertiary alicyclic amines) is 1. The lowest BCUT2D eigenvalue weighted by atomic mass is 9.80. The largest absolute Gasteiger partial charge is 0.312 e. The van der Waals surface area contributed by atoms with Crippen molar-refractivity contribution in [2.24, 2.45) is 11.8 Å². The van der Waals surface area contributed by atoms with Gasteiger partial charge in [-0.05, 0) is 69.9 Å². The predicted molar refractivity (Wildman–Crippen MR) is 86.0 cm³/mol. The first kappa shape index (κ1) is 14.8. The van der Waals surface area contributed by atoms with E-state index < -0.39 is 0 Å². The molecule has 3 aliphatic rings. The minimum absolute atomic E-state index is 0.808. The standard InChI is InChI=1S/C18H34N2/c1-14(2)12-15-6-3-7-16(13-15)20-11-5-9-18(20)17-8-4-10-19-17/h14-19H,3-13H2,1-2H3. The number of nitrogens with zero attached hydrogens (tertiary/aromatic N) is 1. The number of nitrogens with one attached hydrogen (secondary N) is 1. The molecule has 4 atom stereocenters. The minimum Gasteiger partial charge on any atom is -0.312 e. The second-order valence-electron chi connectivity index (χ2n) is 7.97. The van der Waals surface area contributed by atoms with E-state index in [0.717, 1.165) is 30.0 Å². The van der Waals surface area contributed by atoms with Gasteiger partial charge >= 0.3 is 0 Å². The molecule has 3 fully saturated rings. The molecule has 2 saturated heterocycles. The molecule has 2 heteroatoms. The zero-order chi connectivity index (χ0) is 13.9. The second kappa shape index (κ2) is 6.79. The molecule has 3 rings (SSSR count). The summed E-state index contributed by atoms with van der Waals surface area (Å²) in [5.74, 6) is 1.89. The molecule has 1 N–H and O–H groups in total. The van der Waals surface area contributed by atoms with Gasteiger partial charge in [-0.25, -0.2) is 0 Å². The van der Waals surface area contributed by atoms with Crippen LogP contribution in [0.1, 0.15) is 71.6 Å². The van der Waals surface area contributed by atoms with Crippen LogP contribution in [-0.2, 0) is 0 Å². The summed E-state index contributed by atoms with van der Waals surface area (Å²) >= 11 is 0. The van der Waals surface area contributed by atoms with Crippen molar-refractivity contribution >= 4 is 0 Å². The van der Waals surface area contributed by atoms with Gasteiger partial charge in [0.25, 0.3) is 0 Å². The van der Waals surface area contributed by atoms with E-state index in [-0.39, 0.29) is 0 Å². The third-order valence-corrected chi connectivity index (χ3v) is 5.93. The Hall–Kier alpha value is -0.0800. The van der Waals surface area contributed by atoms with Gasteiger partial charge in [0.1, 0.15) is 0 Å². The molecule has 0 spiro atoms. The van der Waals surface area contributed by atoms with Crippen LogP contribution in [0.2, 0.25) is 0 Å². The summed E-state index contributed by atoms with van der Waals surface area (Å²) in [5, 5.41) is 3.77. The Kier molecular flexibility index (Phi) is 5.04. The molecule has 0 aromatic carbocycles. The highest BCUT2D eigenvalue weighted by molar-refractivity contribution is 4.96. The lowest BCUT2D eigenvalue weighted by Crippen LogP contribution is -2.49. The van der Waals surface area contributed by atoms with Gasteiger partial charge in [0, 0.05) is 18.1 Å². The predicted octanol–water partition coefficient (Wildman–Crippen LogP) is 3.81. The Morgan fingerprint density at radius 3 is 2.70 bits per heavy atom. The van der Waals surface area contributed by atoms with E-state index in [9.17, 15) is 0 Å². The maximum atomic E-state index is 3.77. The summed E-state index contributed by atoms with van der Waals surface area (Å²) < 4.78 is 0. The fraction of sp³-hybridized carbons (Fsp3) is 1.00. The van der Waals surface area contributed by atoms with E-state index in [1.54, 1.807) is 0 Å². The molecular formula is C18H34N2. The summed E-state index contributed by atoms with van der Waals surface area (Å²) in [4.78, 5) is 2.93. The van der Waals surface area contributed by atoms with E-state index in [2.05, 4.69) is 24.1 Å². The maximum Gasteiger partial charge on any atom is 0.0252 e. The molecule has 0 aromatic heterocycles. The zero-order valence-corrected chi connectivity index (χ0v) is 13.6. The van der Waals surface area contributed by atoms with Crippen LogP contribution in [0, 0.1) is 11.8 Å². The summed E-state index contributed by atoms with van der Waals surface area (Å²) in [6.07, 6.45) is 13.1. The van der Waals surface area contributed by atoms with Gasteiger partial charge in [0.15, 0.2) is 0 Å². The third kappa shape index (κ3) is 3.39. The van der Waals surface area contributed by atoms with Gasteiger partial charge in [0.2, 0.25) is 0 Å². The molecular weight excluding hydrogens is 244 g/mol. The third-order valence-electron chi connectivity index (χ3n) is 5.93. The van der Waals surface area contributed by atoms with Crippen LogP contribution in [0.5, 0.6) is 0 Å². The van der Waals surface area contributed by atoms with Crippen molar-refractivity contribution < 1.29 is 0 Å². The maximum absolute atomic E-state index is 3.77. The van der Waals surface area contributed by atoms with E-state index in [1.807, 2.05) is 0 Å². The first-order valence-electron chi connectivity index (χ1n) is 9.23. The summed E-state index contributed by atoms with van der Waals surface area (Å²) in [6, 6.07) is 2.57. The number of hydrogen-bond donors (Lipinski definition) is 1. The second-order valence-corrected chi connectivity index (χ2v) is 7.97. The van der Waals surface area contributed by atoms with E-state index >= 15 is 0 Å². The highest BCUT2D eigenvalue weighted by atomic mass is 15.2. The lowest BCUT2D eigenvalue weighted by molar-refractivity contribution is 0.0962. The average Bonchev–Trinajstić information content (AvgIpc) is 3.09. The van der Waals surface area contributed by atoms with Gasteiger partial charge in [-0.1, -0.05) is 26.7 Å². The van der Waals surface area contributed by atoms with Gasteiger partial charge in [0.05, 0.1) is 0 Å². The quantitative estimate of drug-likeness (QED) is 0.841. The van der Waals surface area contributed by atoms with Crippen LogP contribution < -0.4 is 5.32 Å². The van der Waals surface area contributed by atoms with Gasteiger partial charge in [-0.3, -0.25) is 4.90 Å². The Labute approximate surface area is 125 Å². The molecule has 2 heterocycles. The van der Waals surface area contributed by atoms with Crippen LogP contribution in [0.4, 0.5) is 0 Å². The Bertz CT molecular complexity index is 296. The van der Waals surface area contributed by atoms with Crippen molar-refractivity contribution in [3.63, 3.8) is 0 Å². The normalized spacial score (nSPS) is 39.8. The number of hydrogen-bond acceptors (Lipinski definition) is 2. The van der Waals surface area contributed by atoms with Crippen LogP contribution in [-0.4, -0.2) is 36.1 Å². The van der Waals surface area contributed by atoms with Crippen molar-refractivity contribution in [2.45, 2.75) is 89.8 Å². The first-order valence-corrected chi connectivity index (χ1v) is 9.23. The molecule has 1 aliphatic carbocycles. The molecule has 0 amide bonds. The molecule has 0 bridgehead atoms.